The Morgan fingerprint density at radius 3 is 3.07 bits per heavy atom. The van der Waals surface area contributed by atoms with Crippen LogP contribution >= 0.6 is 0 Å². The van der Waals surface area contributed by atoms with Gasteiger partial charge in [0.25, 0.3) is 0 Å². The van der Waals surface area contributed by atoms with E-state index in [1.807, 2.05) is 24.3 Å². The summed E-state index contributed by atoms with van der Waals surface area (Å²) in [6, 6.07) is 7.41. The van der Waals surface area contributed by atoms with Gasteiger partial charge in [-0.1, -0.05) is 0 Å². The quantitative estimate of drug-likeness (QED) is 0.620. The maximum absolute atomic E-state index is 12.1. The summed E-state index contributed by atoms with van der Waals surface area (Å²) in [4.78, 5) is 12.1. The van der Waals surface area contributed by atoms with Gasteiger partial charge in [-0.25, -0.2) is 0 Å². The number of rotatable bonds is 8. The molecule has 1 amide bonds. The molecule has 0 bridgehead atoms. The van der Waals surface area contributed by atoms with Gasteiger partial charge in [-0.15, -0.1) is 15.3 Å². The van der Waals surface area contributed by atoms with Gasteiger partial charge in [0.05, 0.1) is 18.9 Å². The lowest BCUT2D eigenvalue weighted by atomic mass is 10.2. The van der Waals surface area contributed by atoms with Crippen LogP contribution in [-0.4, -0.2) is 45.0 Å². The Bertz CT molecular complexity index is 886. The van der Waals surface area contributed by atoms with Gasteiger partial charge < -0.3 is 19.8 Å². The highest BCUT2D eigenvalue weighted by molar-refractivity contribution is 5.76. The van der Waals surface area contributed by atoms with Crippen molar-refractivity contribution in [1.82, 2.24) is 25.1 Å². The third kappa shape index (κ3) is 4.43. The Hall–Kier alpha value is -2.94. The van der Waals surface area contributed by atoms with Crippen LogP contribution in [0.5, 0.6) is 0 Å². The largest absolute Gasteiger partial charge is 0.467 e. The predicted octanol–water partition coefficient (Wildman–Crippen LogP) is 1.56. The van der Waals surface area contributed by atoms with Gasteiger partial charge in [0.15, 0.2) is 11.5 Å². The summed E-state index contributed by atoms with van der Waals surface area (Å²) >= 11 is 0. The normalized spacial score (nSPS) is 16.7. The van der Waals surface area contributed by atoms with E-state index in [1.165, 1.54) is 0 Å². The van der Waals surface area contributed by atoms with Crippen LogP contribution in [0.2, 0.25) is 0 Å². The first-order valence-electron chi connectivity index (χ1n) is 9.14. The SMILES string of the molecule is O=C(CCc1nnc2ccc(NCc3ccco3)nn12)NCC1CCCO1. The minimum atomic E-state index is -0.0191. The third-order valence-electron chi connectivity index (χ3n) is 4.48. The van der Waals surface area contributed by atoms with E-state index in [4.69, 9.17) is 9.15 Å². The minimum absolute atomic E-state index is 0.0191. The monoisotopic (exact) mass is 370 g/mol. The van der Waals surface area contributed by atoms with Crippen molar-refractivity contribution in [2.45, 2.75) is 38.3 Å². The lowest BCUT2D eigenvalue weighted by Gasteiger charge is -2.10. The molecule has 27 heavy (non-hydrogen) atoms. The van der Waals surface area contributed by atoms with Gasteiger partial charge in [-0.05, 0) is 37.1 Å². The number of aromatic nitrogens is 4. The van der Waals surface area contributed by atoms with E-state index in [0.29, 0.717) is 43.2 Å². The molecule has 0 aliphatic carbocycles. The summed E-state index contributed by atoms with van der Waals surface area (Å²) in [5.41, 5.74) is 0.647. The molecule has 0 aromatic carbocycles. The Kier molecular flexibility index (Phi) is 5.29. The van der Waals surface area contributed by atoms with Gasteiger partial charge >= 0.3 is 0 Å². The lowest BCUT2D eigenvalue weighted by Crippen LogP contribution is -2.32. The second kappa shape index (κ2) is 8.17. The lowest BCUT2D eigenvalue weighted by molar-refractivity contribution is -0.121. The molecule has 0 saturated carbocycles. The number of fused-ring (bicyclic) bond motifs is 1. The number of ether oxygens (including phenoxy) is 1. The number of carbonyl (C=O) groups excluding carboxylic acids is 1. The van der Waals surface area contributed by atoms with Gasteiger partial charge in [0.2, 0.25) is 5.91 Å². The van der Waals surface area contributed by atoms with Crippen LogP contribution in [-0.2, 0) is 22.5 Å². The van der Waals surface area contributed by atoms with Gasteiger partial charge in [-0.2, -0.15) is 4.52 Å². The van der Waals surface area contributed by atoms with E-state index in [9.17, 15) is 4.79 Å². The van der Waals surface area contributed by atoms with Crippen molar-refractivity contribution >= 4 is 17.4 Å². The highest BCUT2D eigenvalue weighted by Crippen LogP contribution is 2.12. The van der Waals surface area contributed by atoms with Crippen molar-refractivity contribution in [3.63, 3.8) is 0 Å². The smallest absolute Gasteiger partial charge is 0.220 e. The fraction of sp³-hybridized carbons (Fsp3) is 0.444. The molecule has 4 rings (SSSR count). The Morgan fingerprint density at radius 2 is 2.26 bits per heavy atom. The topological polar surface area (TPSA) is 107 Å². The summed E-state index contributed by atoms with van der Waals surface area (Å²) in [5, 5.41) is 18.9. The molecule has 9 heteroatoms. The highest BCUT2D eigenvalue weighted by atomic mass is 16.5. The fourth-order valence-corrected chi connectivity index (χ4v) is 3.02. The van der Waals surface area contributed by atoms with Gasteiger partial charge in [0.1, 0.15) is 11.6 Å². The van der Waals surface area contributed by atoms with E-state index >= 15 is 0 Å². The van der Waals surface area contributed by atoms with Crippen LogP contribution < -0.4 is 10.6 Å². The van der Waals surface area contributed by atoms with E-state index in [1.54, 1.807) is 10.8 Å². The summed E-state index contributed by atoms with van der Waals surface area (Å²) in [6.45, 7) is 1.89. The zero-order valence-corrected chi connectivity index (χ0v) is 14.9. The molecular formula is C18H22N6O3. The molecular weight excluding hydrogens is 348 g/mol. The summed E-state index contributed by atoms with van der Waals surface area (Å²) in [7, 11) is 0. The van der Waals surface area contributed by atoms with Crippen molar-refractivity contribution < 1.29 is 13.9 Å². The zero-order chi connectivity index (χ0) is 18.5. The Labute approximate surface area is 156 Å². The first kappa shape index (κ1) is 17.5. The van der Waals surface area contributed by atoms with Crippen LogP contribution in [0.1, 0.15) is 30.8 Å². The molecule has 1 atom stereocenters. The van der Waals surface area contributed by atoms with Crippen LogP contribution in [0.3, 0.4) is 0 Å². The van der Waals surface area contributed by atoms with E-state index in [0.717, 1.165) is 25.2 Å². The molecule has 1 aliphatic heterocycles. The van der Waals surface area contributed by atoms with Crippen molar-refractivity contribution in [3.05, 3.63) is 42.1 Å². The zero-order valence-electron chi connectivity index (χ0n) is 14.9. The molecule has 3 aromatic rings. The first-order valence-corrected chi connectivity index (χ1v) is 9.14. The number of hydrogen-bond donors (Lipinski definition) is 2. The number of furan rings is 1. The average molecular weight is 370 g/mol. The number of nitrogens with one attached hydrogen (secondary N) is 2. The second-order valence-electron chi connectivity index (χ2n) is 6.48. The number of amides is 1. The molecule has 1 saturated heterocycles. The molecule has 142 valence electrons. The number of anilines is 1. The minimum Gasteiger partial charge on any atom is -0.467 e. The molecule has 3 aromatic heterocycles. The molecule has 1 fully saturated rings. The van der Waals surface area contributed by atoms with Crippen LogP contribution in [0.4, 0.5) is 5.82 Å². The third-order valence-corrected chi connectivity index (χ3v) is 4.48. The standard InChI is InChI=1S/C18H22N6O3/c25-18(20-12-14-4-2-10-27-14)8-7-17-22-21-16-6-5-15(23-24(16)17)19-11-13-3-1-9-26-13/h1,3,5-6,9,14H,2,4,7-8,10-12H2,(H,19,23)(H,20,25). The molecule has 1 unspecified atom stereocenters. The summed E-state index contributed by atoms with van der Waals surface area (Å²) in [6.07, 6.45) is 4.65. The maximum Gasteiger partial charge on any atom is 0.220 e. The molecule has 1 aliphatic rings. The Balaban J connectivity index is 1.33. The van der Waals surface area contributed by atoms with Crippen molar-refractivity contribution in [1.29, 1.82) is 0 Å². The van der Waals surface area contributed by atoms with Gasteiger partial charge in [0, 0.05) is 26.0 Å². The van der Waals surface area contributed by atoms with Crippen LogP contribution in [0.25, 0.3) is 5.65 Å². The number of carbonyl (C=O) groups is 1. The van der Waals surface area contributed by atoms with E-state index < -0.39 is 0 Å². The van der Waals surface area contributed by atoms with E-state index in [2.05, 4.69) is 25.9 Å². The first-order chi connectivity index (χ1) is 13.3. The van der Waals surface area contributed by atoms with Crippen molar-refractivity contribution in [2.75, 3.05) is 18.5 Å². The summed E-state index contributed by atoms with van der Waals surface area (Å²) < 4.78 is 12.5. The highest BCUT2D eigenvalue weighted by Gasteiger charge is 2.16. The molecule has 0 spiro atoms. The molecule has 4 heterocycles. The Morgan fingerprint density at radius 1 is 1.30 bits per heavy atom. The molecule has 2 N–H and O–H groups in total. The van der Waals surface area contributed by atoms with Gasteiger partial charge in [-0.3, -0.25) is 4.79 Å². The second-order valence-corrected chi connectivity index (χ2v) is 6.48. The number of hydrogen-bond acceptors (Lipinski definition) is 7. The van der Waals surface area contributed by atoms with Crippen molar-refractivity contribution in [3.8, 4) is 0 Å². The average Bonchev–Trinajstić information content (AvgIpc) is 3.45. The maximum atomic E-state index is 12.1. The molecule has 9 nitrogen and oxygen atoms in total. The van der Waals surface area contributed by atoms with Crippen molar-refractivity contribution in [2.24, 2.45) is 0 Å². The fourth-order valence-electron chi connectivity index (χ4n) is 3.02. The van der Waals surface area contributed by atoms with E-state index in [-0.39, 0.29) is 12.0 Å². The van der Waals surface area contributed by atoms with Crippen LogP contribution in [0.15, 0.2) is 34.9 Å². The number of nitrogens with zero attached hydrogens (tertiary/aromatic N) is 4. The predicted molar refractivity (Wildman–Crippen MR) is 97.1 cm³/mol. The molecule has 0 radical (unpaired) electrons. The van der Waals surface area contributed by atoms with Crippen LogP contribution in [0, 0.1) is 0 Å². The summed E-state index contributed by atoms with van der Waals surface area (Å²) in [5.74, 6) is 2.14. The number of aryl methyl sites for hydroxylation is 1.